The number of aromatic hydroxyl groups is 2. The Kier molecular flexibility index (Phi) is 13.8. The van der Waals surface area contributed by atoms with Gasteiger partial charge in [-0.3, -0.25) is 9.79 Å². The van der Waals surface area contributed by atoms with Crippen LogP contribution < -0.4 is 24.7 Å². The molecule has 220 valence electrons. The minimum absolute atomic E-state index is 0.0219. The topological polar surface area (TPSA) is 151 Å². The number of aldehydes is 1. The van der Waals surface area contributed by atoms with E-state index in [9.17, 15) is 15.0 Å². The number of nitrogens with zero attached hydrogens (tertiary/aromatic N) is 1. The number of para-hydroxylation sites is 4. The fourth-order valence-corrected chi connectivity index (χ4v) is 3.48. The Labute approximate surface area is 239 Å². The van der Waals surface area contributed by atoms with Gasteiger partial charge in [0.2, 0.25) is 0 Å². The number of hydrogen-bond donors (Lipinski definition) is 3. The SMILES string of the molecule is NCCN=Cc1cccc(OCCOCCOc2ccccc2OCCOCCOc2cccc(C=O)c2O)c1O. The van der Waals surface area contributed by atoms with Crippen molar-refractivity contribution in [3.05, 3.63) is 71.8 Å². The molecule has 0 amide bonds. The van der Waals surface area contributed by atoms with Gasteiger partial charge in [0, 0.05) is 18.3 Å². The van der Waals surface area contributed by atoms with Gasteiger partial charge in [-0.2, -0.15) is 0 Å². The average molecular weight is 569 g/mol. The van der Waals surface area contributed by atoms with Crippen LogP contribution in [0.5, 0.6) is 34.5 Å². The summed E-state index contributed by atoms with van der Waals surface area (Å²) in [6, 6.07) is 17.2. The number of benzene rings is 3. The number of carbonyl (C=O) groups excluding carboxylic acids is 1. The average Bonchev–Trinajstić information content (AvgIpc) is 2.99. The number of nitrogens with two attached hydrogens (primary N) is 1. The van der Waals surface area contributed by atoms with E-state index in [0.29, 0.717) is 75.2 Å². The molecule has 11 heteroatoms. The predicted molar refractivity (Wildman–Crippen MR) is 153 cm³/mol. The van der Waals surface area contributed by atoms with Crippen LogP contribution in [0.4, 0.5) is 0 Å². The molecule has 0 aliphatic rings. The standard InChI is InChI=1S/C30H36N2O9/c31-11-12-32-21-23-5-3-9-27(29(23)34)40-19-15-36-13-17-38-25-7-1-2-8-26(25)39-18-14-37-16-20-41-28-10-4-6-24(22-33)30(28)35/h1-10,21-22,34-35H,11-20,31H2. The maximum absolute atomic E-state index is 10.9. The Morgan fingerprint density at radius 2 is 1.05 bits per heavy atom. The third-order valence-corrected chi connectivity index (χ3v) is 5.47. The van der Waals surface area contributed by atoms with E-state index in [0.717, 1.165) is 0 Å². The summed E-state index contributed by atoms with van der Waals surface area (Å²) in [5.41, 5.74) is 6.16. The second kappa shape index (κ2) is 18.1. The lowest BCUT2D eigenvalue weighted by molar-refractivity contribution is 0.0693. The maximum atomic E-state index is 10.9. The third kappa shape index (κ3) is 10.6. The molecule has 0 aliphatic heterocycles. The van der Waals surface area contributed by atoms with Crippen LogP contribution in [0.25, 0.3) is 0 Å². The van der Waals surface area contributed by atoms with Gasteiger partial charge in [-0.05, 0) is 36.4 Å². The lowest BCUT2D eigenvalue weighted by Gasteiger charge is -2.13. The van der Waals surface area contributed by atoms with E-state index in [4.69, 9.17) is 34.2 Å². The van der Waals surface area contributed by atoms with Crippen LogP contribution >= 0.6 is 0 Å². The molecule has 3 aromatic carbocycles. The first kappa shape index (κ1) is 31.2. The van der Waals surface area contributed by atoms with E-state index in [1.54, 1.807) is 48.7 Å². The van der Waals surface area contributed by atoms with Crippen LogP contribution in [0, 0.1) is 0 Å². The molecule has 0 radical (unpaired) electrons. The van der Waals surface area contributed by atoms with Crippen molar-refractivity contribution in [2.75, 3.05) is 65.9 Å². The van der Waals surface area contributed by atoms with Crippen LogP contribution in [0.2, 0.25) is 0 Å². The van der Waals surface area contributed by atoms with Gasteiger partial charge in [0.1, 0.15) is 26.4 Å². The van der Waals surface area contributed by atoms with Gasteiger partial charge in [-0.1, -0.05) is 24.3 Å². The van der Waals surface area contributed by atoms with Crippen molar-refractivity contribution >= 4 is 12.5 Å². The van der Waals surface area contributed by atoms with Crippen LogP contribution in [-0.2, 0) is 9.47 Å². The molecule has 0 spiro atoms. The van der Waals surface area contributed by atoms with E-state index in [2.05, 4.69) is 4.99 Å². The lowest BCUT2D eigenvalue weighted by Crippen LogP contribution is -2.14. The molecule has 0 unspecified atom stereocenters. The summed E-state index contributed by atoms with van der Waals surface area (Å²) in [7, 11) is 0. The fraction of sp³-hybridized carbons (Fsp3) is 0.333. The van der Waals surface area contributed by atoms with Gasteiger partial charge in [-0.25, -0.2) is 0 Å². The number of phenolic OH excluding ortho intramolecular Hbond substituents is 2. The van der Waals surface area contributed by atoms with E-state index < -0.39 is 0 Å². The molecular weight excluding hydrogens is 532 g/mol. The summed E-state index contributed by atoms with van der Waals surface area (Å²) in [6.45, 7) is 3.25. The second-order valence-corrected chi connectivity index (χ2v) is 8.40. The van der Waals surface area contributed by atoms with Gasteiger partial charge >= 0.3 is 0 Å². The van der Waals surface area contributed by atoms with Crippen LogP contribution in [-0.4, -0.2) is 88.7 Å². The van der Waals surface area contributed by atoms with Crippen molar-refractivity contribution < 1.29 is 43.4 Å². The zero-order chi connectivity index (χ0) is 29.1. The molecule has 0 saturated heterocycles. The molecule has 3 rings (SSSR count). The minimum atomic E-state index is -0.187. The molecule has 0 fully saturated rings. The first-order chi connectivity index (χ1) is 20.1. The zero-order valence-electron chi connectivity index (χ0n) is 22.8. The highest BCUT2D eigenvalue weighted by atomic mass is 16.6. The summed E-state index contributed by atoms with van der Waals surface area (Å²) in [6.07, 6.45) is 2.14. The summed E-state index contributed by atoms with van der Waals surface area (Å²) in [5, 5.41) is 20.2. The molecule has 0 saturated carbocycles. The van der Waals surface area contributed by atoms with Crippen molar-refractivity contribution in [2.45, 2.75) is 0 Å². The number of carbonyl (C=O) groups is 1. The normalized spacial score (nSPS) is 11.0. The highest BCUT2D eigenvalue weighted by Gasteiger charge is 2.08. The Balaban J connectivity index is 1.27. The highest BCUT2D eigenvalue weighted by Crippen LogP contribution is 2.29. The van der Waals surface area contributed by atoms with Gasteiger partial charge in [0.25, 0.3) is 0 Å². The molecule has 4 N–H and O–H groups in total. The van der Waals surface area contributed by atoms with Gasteiger partial charge < -0.3 is 44.4 Å². The van der Waals surface area contributed by atoms with Crippen LogP contribution in [0.3, 0.4) is 0 Å². The Hall–Kier alpha value is -4.32. The first-order valence-corrected chi connectivity index (χ1v) is 13.2. The summed E-state index contributed by atoms with van der Waals surface area (Å²) in [4.78, 5) is 15.0. The number of rotatable bonds is 20. The molecule has 0 aliphatic carbocycles. The van der Waals surface area contributed by atoms with Gasteiger partial charge in [0.15, 0.2) is 40.8 Å². The van der Waals surface area contributed by atoms with Crippen LogP contribution in [0.1, 0.15) is 15.9 Å². The molecule has 0 aromatic heterocycles. The Morgan fingerprint density at radius 3 is 1.54 bits per heavy atom. The summed E-state index contributed by atoms with van der Waals surface area (Å²) in [5.74, 6) is 1.58. The lowest BCUT2D eigenvalue weighted by atomic mass is 10.2. The van der Waals surface area contributed by atoms with Crippen molar-refractivity contribution in [1.29, 1.82) is 0 Å². The largest absolute Gasteiger partial charge is 0.504 e. The first-order valence-electron chi connectivity index (χ1n) is 13.2. The van der Waals surface area contributed by atoms with Crippen molar-refractivity contribution in [3.63, 3.8) is 0 Å². The molecule has 0 heterocycles. The fourth-order valence-electron chi connectivity index (χ4n) is 3.48. The van der Waals surface area contributed by atoms with Crippen molar-refractivity contribution in [2.24, 2.45) is 10.7 Å². The highest BCUT2D eigenvalue weighted by molar-refractivity contribution is 5.84. The number of ether oxygens (including phenoxy) is 6. The van der Waals surface area contributed by atoms with E-state index in [1.807, 2.05) is 12.1 Å². The smallest absolute Gasteiger partial charge is 0.168 e. The summed E-state index contributed by atoms with van der Waals surface area (Å²) >= 11 is 0. The van der Waals surface area contributed by atoms with E-state index in [1.165, 1.54) is 6.07 Å². The molecule has 11 nitrogen and oxygen atoms in total. The van der Waals surface area contributed by atoms with Crippen molar-refractivity contribution in [1.82, 2.24) is 0 Å². The van der Waals surface area contributed by atoms with Gasteiger partial charge in [0.05, 0.1) is 38.5 Å². The second-order valence-electron chi connectivity index (χ2n) is 8.40. The Morgan fingerprint density at radius 1 is 0.610 bits per heavy atom. The minimum Gasteiger partial charge on any atom is -0.504 e. The predicted octanol–water partition coefficient (Wildman–Crippen LogP) is 3.24. The van der Waals surface area contributed by atoms with E-state index in [-0.39, 0.29) is 42.6 Å². The van der Waals surface area contributed by atoms with Crippen LogP contribution in [0.15, 0.2) is 65.7 Å². The quantitative estimate of drug-likeness (QED) is 0.105. The Bertz CT molecular complexity index is 1240. The van der Waals surface area contributed by atoms with E-state index >= 15 is 0 Å². The van der Waals surface area contributed by atoms with Gasteiger partial charge in [-0.15, -0.1) is 0 Å². The molecule has 0 bridgehead atoms. The monoisotopic (exact) mass is 568 g/mol. The summed E-state index contributed by atoms with van der Waals surface area (Å²) < 4.78 is 33.7. The third-order valence-electron chi connectivity index (χ3n) is 5.47. The molecule has 3 aromatic rings. The number of aliphatic imine (C=N–C) groups is 1. The molecule has 41 heavy (non-hydrogen) atoms. The number of phenols is 2. The number of hydrogen-bond acceptors (Lipinski definition) is 11. The molecule has 0 atom stereocenters. The molecular formula is C30H36N2O9. The zero-order valence-corrected chi connectivity index (χ0v) is 22.8. The maximum Gasteiger partial charge on any atom is 0.168 e. The van der Waals surface area contributed by atoms with Crippen molar-refractivity contribution in [3.8, 4) is 34.5 Å².